The number of amides is 2. The summed E-state index contributed by atoms with van der Waals surface area (Å²) in [5.74, 6) is 0.519. The molecule has 2 N–H and O–H groups in total. The van der Waals surface area contributed by atoms with Crippen LogP contribution in [0.3, 0.4) is 0 Å². The van der Waals surface area contributed by atoms with Gasteiger partial charge in [-0.2, -0.15) is 0 Å². The number of anilines is 1. The average Bonchev–Trinajstić information content (AvgIpc) is 2.76. The molecule has 5 nitrogen and oxygen atoms in total. The molecule has 1 atom stereocenters. The first kappa shape index (κ1) is 24.4. The van der Waals surface area contributed by atoms with E-state index < -0.39 is 0 Å². The summed E-state index contributed by atoms with van der Waals surface area (Å²) in [5.41, 5.74) is 2.29. The monoisotopic (exact) mass is 415 g/mol. The molecule has 168 valence electrons. The Hall–Kier alpha value is -1.88. The molecule has 0 aliphatic carbocycles. The fourth-order valence-electron chi connectivity index (χ4n) is 4.10. The maximum absolute atomic E-state index is 11.8. The van der Waals surface area contributed by atoms with E-state index in [2.05, 4.69) is 34.6 Å². The van der Waals surface area contributed by atoms with Crippen LogP contribution in [-0.4, -0.2) is 42.4 Å². The third-order valence-corrected chi connectivity index (χ3v) is 6.10. The number of carbonyl (C=O) groups excluding carboxylic acids is 2. The average molecular weight is 416 g/mol. The van der Waals surface area contributed by atoms with Gasteiger partial charge < -0.3 is 10.2 Å². The number of carbonyl (C=O) groups is 2. The third kappa shape index (κ3) is 8.47. The van der Waals surface area contributed by atoms with Crippen LogP contribution in [-0.2, 0) is 16.0 Å². The van der Waals surface area contributed by atoms with E-state index in [-0.39, 0.29) is 17.9 Å². The number of nitrogens with one attached hydrogen (secondary N) is 2. The highest BCUT2D eigenvalue weighted by atomic mass is 16.2. The van der Waals surface area contributed by atoms with Crippen molar-refractivity contribution in [1.82, 2.24) is 10.2 Å². The van der Waals surface area contributed by atoms with Crippen molar-refractivity contribution in [1.29, 1.82) is 0 Å². The van der Waals surface area contributed by atoms with Crippen LogP contribution in [0, 0.1) is 5.92 Å². The van der Waals surface area contributed by atoms with Gasteiger partial charge in [-0.25, -0.2) is 0 Å². The minimum Gasteiger partial charge on any atom is -0.374 e. The van der Waals surface area contributed by atoms with E-state index >= 15 is 0 Å². The lowest BCUT2D eigenvalue weighted by Crippen LogP contribution is -2.47. The van der Waals surface area contributed by atoms with Crippen LogP contribution < -0.4 is 10.6 Å². The molecular formula is C25H41N3O2. The summed E-state index contributed by atoms with van der Waals surface area (Å²) in [4.78, 5) is 25.7. The number of hydrogen-bond acceptors (Lipinski definition) is 4. The van der Waals surface area contributed by atoms with Crippen molar-refractivity contribution in [2.45, 2.75) is 84.6 Å². The smallest absolute Gasteiger partial charge is 0.249 e. The molecule has 2 saturated heterocycles. The predicted molar refractivity (Wildman–Crippen MR) is 125 cm³/mol. The second-order valence-electron chi connectivity index (χ2n) is 8.53. The molecule has 2 aliphatic rings. The molecule has 2 fully saturated rings. The fourth-order valence-corrected chi connectivity index (χ4v) is 4.10. The molecule has 0 bridgehead atoms. The Bertz CT molecular complexity index is 636. The summed E-state index contributed by atoms with van der Waals surface area (Å²) in [7, 11) is 0. The van der Waals surface area contributed by atoms with Crippen LogP contribution in [0.15, 0.2) is 24.3 Å². The maximum Gasteiger partial charge on any atom is 0.249 e. The maximum atomic E-state index is 11.8. The van der Waals surface area contributed by atoms with Gasteiger partial charge in [-0.1, -0.05) is 45.7 Å². The Morgan fingerprint density at radius 3 is 2.30 bits per heavy atom. The molecule has 1 unspecified atom stereocenters. The molecule has 3 rings (SSSR count). The first-order valence-electron chi connectivity index (χ1n) is 12.0. The summed E-state index contributed by atoms with van der Waals surface area (Å²) in [6.07, 6.45) is 9.98. The van der Waals surface area contributed by atoms with Gasteiger partial charge in [0.15, 0.2) is 0 Å². The van der Waals surface area contributed by atoms with Gasteiger partial charge in [0.1, 0.15) is 6.04 Å². The summed E-state index contributed by atoms with van der Waals surface area (Å²) in [6, 6.07) is 8.05. The molecule has 1 aromatic rings. The number of hydrogen-bond donors (Lipinski definition) is 2. The van der Waals surface area contributed by atoms with Gasteiger partial charge in [-0.05, 0) is 81.8 Å². The lowest BCUT2D eigenvalue weighted by atomic mass is 9.99. The number of unbranched alkanes of at least 4 members (excludes halogenated alkanes) is 3. The normalized spacial score (nSPS) is 20.3. The van der Waals surface area contributed by atoms with E-state index in [4.69, 9.17) is 0 Å². The van der Waals surface area contributed by atoms with Crippen molar-refractivity contribution in [2.75, 3.05) is 25.0 Å². The number of piperidine rings is 2. The van der Waals surface area contributed by atoms with Crippen molar-refractivity contribution < 1.29 is 9.59 Å². The Morgan fingerprint density at radius 2 is 1.63 bits per heavy atom. The topological polar surface area (TPSA) is 61.4 Å². The molecule has 0 aromatic heterocycles. The zero-order chi connectivity index (χ0) is 21.8. The standard InChI is InChI=1S/C23H35N3O2.C2H6/c1-18-13-16-26(17-14-18)15-5-3-2-4-6-19-7-9-20(10-8-19)24-21-11-12-22(27)25-23(21)28;1-2/h7-10,18,21,24H,2-6,11-17H2,1H3,(H,25,27,28);1-2H3. The highest BCUT2D eigenvalue weighted by Crippen LogP contribution is 2.18. The van der Waals surface area contributed by atoms with Crippen molar-refractivity contribution >= 4 is 17.5 Å². The molecular weight excluding hydrogens is 374 g/mol. The first-order valence-corrected chi connectivity index (χ1v) is 12.0. The molecule has 0 spiro atoms. The highest BCUT2D eigenvalue weighted by molar-refractivity contribution is 6.01. The third-order valence-electron chi connectivity index (χ3n) is 6.10. The summed E-state index contributed by atoms with van der Waals surface area (Å²) in [5, 5.41) is 5.61. The van der Waals surface area contributed by atoms with Gasteiger partial charge in [-0.3, -0.25) is 14.9 Å². The second-order valence-corrected chi connectivity index (χ2v) is 8.53. The second kappa shape index (κ2) is 13.4. The fraction of sp³-hybridized carbons (Fsp3) is 0.680. The van der Waals surface area contributed by atoms with Crippen LogP contribution in [0.1, 0.15) is 77.7 Å². The van der Waals surface area contributed by atoms with Gasteiger partial charge in [0.05, 0.1) is 0 Å². The molecule has 5 heteroatoms. The van der Waals surface area contributed by atoms with Gasteiger partial charge >= 0.3 is 0 Å². The summed E-state index contributed by atoms with van der Waals surface area (Å²) in [6.45, 7) is 10.2. The first-order chi connectivity index (χ1) is 14.6. The Labute approximate surface area is 183 Å². The molecule has 0 saturated carbocycles. The Balaban J connectivity index is 0.00000155. The van der Waals surface area contributed by atoms with Crippen LogP contribution in [0.5, 0.6) is 0 Å². The Morgan fingerprint density at radius 1 is 0.967 bits per heavy atom. The zero-order valence-electron chi connectivity index (χ0n) is 19.2. The van der Waals surface area contributed by atoms with E-state index in [1.807, 2.05) is 26.0 Å². The van der Waals surface area contributed by atoms with Crippen LogP contribution in [0.2, 0.25) is 0 Å². The van der Waals surface area contributed by atoms with Crippen molar-refractivity contribution in [3.05, 3.63) is 29.8 Å². The van der Waals surface area contributed by atoms with E-state index in [9.17, 15) is 9.59 Å². The van der Waals surface area contributed by atoms with E-state index in [0.29, 0.717) is 12.8 Å². The van der Waals surface area contributed by atoms with E-state index in [0.717, 1.165) is 18.0 Å². The quantitative estimate of drug-likeness (QED) is 0.451. The van der Waals surface area contributed by atoms with Crippen LogP contribution in [0.4, 0.5) is 5.69 Å². The lowest BCUT2D eigenvalue weighted by molar-refractivity contribution is -0.133. The zero-order valence-corrected chi connectivity index (χ0v) is 19.2. The number of aryl methyl sites for hydroxylation is 1. The summed E-state index contributed by atoms with van der Waals surface area (Å²) >= 11 is 0. The number of rotatable bonds is 9. The number of benzene rings is 1. The predicted octanol–water partition coefficient (Wildman–Crippen LogP) is 4.76. The summed E-state index contributed by atoms with van der Waals surface area (Å²) < 4.78 is 0. The van der Waals surface area contributed by atoms with Crippen LogP contribution >= 0.6 is 0 Å². The minimum atomic E-state index is -0.313. The van der Waals surface area contributed by atoms with Gasteiger partial charge in [0.25, 0.3) is 0 Å². The highest BCUT2D eigenvalue weighted by Gasteiger charge is 2.26. The van der Waals surface area contributed by atoms with Crippen molar-refractivity contribution in [3.63, 3.8) is 0 Å². The van der Waals surface area contributed by atoms with Crippen molar-refractivity contribution in [3.8, 4) is 0 Å². The van der Waals surface area contributed by atoms with E-state index in [1.165, 1.54) is 63.7 Å². The van der Waals surface area contributed by atoms with Gasteiger partial charge in [0, 0.05) is 12.1 Å². The van der Waals surface area contributed by atoms with Crippen LogP contribution in [0.25, 0.3) is 0 Å². The molecule has 2 aliphatic heterocycles. The lowest BCUT2D eigenvalue weighted by Gasteiger charge is -2.30. The largest absolute Gasteiger partial charge is 0.374 e. The number of likely N-dealkylation sites (tertiary alicyclic amines) is 1. The van der Waals surface area contributed by atoms with Gasteiger partial charge in [0.2, 0.25) is 11.8 Å². The van der Waals surface area contributed by atoms with Gasteiger partial charge in [-0.15, -0.1) is 0 Å². The number of nitrogens with zero attached hydrogens (tertiary/aromatic N) is 1. The Kier molecular flexibility index (Phi) is 10.9. The molecule has 0 radical (unpaired) electrons. The minimum absolute atomic E-state index is 0.177. The SMILES string of the molecule is CC.CC1CCN(CCCCCCc2ccc(NC3CCC(=O)NC3=O)cc2)CC1. The molecule has 1 aromatic carbocycles. The molecule has 2 amide bonds. The number of imide groups is 1. The molecule has 30 heavy (non-hydrogen) atoms. The van der Waals surface area contributed by atoms with Crippen molar-refractivity contribution in [2.24, 2.45) is 5.92 Å². The molecule has 2 heterocycles. The van der Waals surface area contributed by atoms with E-state index in [1.54, 1.807) is 0 Å².